The molecule has 17 heavy (non-hydrogen) atoms. The Labute approximate surface area is 105 Å². The van der Waals surface area contributed by atoms with E-state index in [1.165, 1.54) is 5.56 Å². The average Bonchev–Trinajstić information content (AvgIpc) is 2.33. The predicted octanol–water partition coefficient (Wildman–Crippen LogP) is 3.10. The number of benzene rings is 1. The van der Waals surface area contributed by atoms with Gasteiger partial charge in [-0.3, -0.25) is 0 Å². The van der Waals surface area contributed by atoms with Crippen LogP contribution >= 0.6 is 0 Å². The van der Waals surface area contributed by atoms with Crippen molar-refractivity contribution < 1.29 is 4.74 Å². The summed E-state index contributed by atoms with van der Waals surface area (Å²) in [5, 5.41) is 3.35. The third-order valence-electron chi connectivity index (χ3n) is 2.40. The van der Waals surface area contributed by atoms with Crippen molar-refractivity contribution in [3.63, 3.8) is 0 Å². The lowest BCUT2D eigenvalue weighted by atomic mass is 10.2. The van der Waals surface area contributed by atoms with E-state index in [1.807, 2.05) is 18.2 Å². The molecule has 0 aliphatic heterocycles. The van der Waals surface area contributed by atoms with Crippen LogP contribution in [-0.4, -0.2) is 25.3 Å². The van der Waals surface area contributed by atoms with E-state index in [0.717, 1.165) is 6.54 Å². The van der Waals surface area contributed by atoms with Crippen LogP contribution in [0.2, 0.25) is 0 Å². The first-order valence-electron chi connectivity index (χ1n) is 6.25. The molecule has 1 atom stereocenters. The van der Waals surface area contributed by atoms with E-state index in [0.29, 0.717) is 12.6 Å². The maximum Gasteiger partial charge on any atom is 0.0675 e. The number of ether oxygens (including phenoxy) is 1. The summed E-state index contributed by atoms with van der Waals surface area (Å²) < 4.78 is 5.66. The van der Waals surface area contributed by atoms with Gasteiger partial charge in [-0.15, -0.1) is 0 Å². The summed E-state index contributed by atoms with van der Waals surface area (Å²) in [6, 6.07) is 10.8. The van der Waals surface area contributed by atoms with Gasteiger partial charge in [-0.1, -0.05) is 56.3 Å². The smallest absolute Gasteiger partial charge is 0.0675 e. The molecule has 0 amide bonds. The molecule has 2 heteroatoms. The molecule has 0 heterocycles. The first kappa shape index (κ1) is 13.9. The van der Waals surface area contributed by atoms with Crippen LogP contribution < -0.4 is 5.32 Å². The summed E-state index contributed by atoms with van der Waals surface area (Å²) in [6.07, 6.45) is 4.39. The zero-order valence-corrected chi connectivity index (χ0v) is 11.0. The molecular weight excluding hydrogens is 210 g/mol. The molecule has 1 N–H and O–H groups in total. The van der Waals surface area contributed by atoms with Crippen molar-refractivity contribution in [3.05, 3.63) is 42.0 Å². The standard InChI is InChI=1S/C15H23NO/c1-13(2)16-12-14(3)17-11-7-10-15-8-5-4-6-9-15/h4-10,13-14,16H,11-12H2,1-3H3. The Morgan fingerprint density at radius 1 is 1.18 bits per heavy atom. The van der Waals surface area contributed by atoms with Gasteiger partial charge in [0.1, 0.15) is 0 Å². The molecule has 0 aliphatic carbocycles. The highest BCUT2D eigenvalue weighted by molar-refractivity contribution is 5.48. The van der Waals surface area contributed by atoms with E-state index >= 15 is 0 Å². The van der Waals surface area contributed by atoms with E-state index in [2.05, 4.69) is 50.4 Å². The second-order valence-corrected chi connectivity index (χ2v) is 4.52. The Morgan fingerprint density at radius 3 is 2.53 bits per heavy atom. The molecule has 1 rings (SSSR count). The molecule has 0 aliphatic rings. The number of nitrogens with one attached hydrogen (secondary N) is 1. The van der Waals surface area contributed by atoms with Gasteiger partial charge in [0.05, 0.1) is 12.7 Å². The summed E-state index contributed by atoms with van der Waals surface area (Å²) in [5.74, 6) is 0. The van der Waals surface area contributed by atoms with Crippen molar-refractivity contribution in [1.29, 1.82) is 0 Å². The molecule has 0 fully saturated rings. The van der Waals surface area contributed by atoms with Crippen molar-refractivity contribution in [1.82, 2.24) is 5.32 Å². The summed E-state index contributed by atoms with van der Waals surface area (Å²) in [7, 11) is 0. The fourth-order valence-corrected chi connectivity index (χ4v) is 1.43. The van der Waals surface area contributed by atoms with Gasteiger partial charge < -0.3 is 10.1 Å². The van der Waals surface area contributed by atoms with Gasteiger partial charge >= 0.3 is 0 Å². The van der Waals surface area contributed by atoms with Crippen LogP contribution in [0.15, 0.2) is 36.4 Å². The van der Waals surface area contributed by atoms with Gasteiger partial charge in [0.25, 0.3) is 0 Å². The molecule has 0 spiro atoms. The third kappa shape index (κ3) is 6.93. The highest BCUT2D eigenvalue weighted by Gasteiger charge is 2.00. The minimum absolute atomic E-state index is 0.248. The van der Waals surface area contributed by atoms with Crippen molar-refractivity contribution in [2.75, 3.05) is 13.2 Å². The zero-order valence-electron chi connectivity index (χ0n) is 11.0. The molecule has 0 radical (unpaired) electrons. The van der Waals surface area contributed by atoms with Gasteiger partial charge in [-0.05, 0) is 12.5 Å². The summed E-state index contributed by atoms with van der Waals surface area (Å²) in [6.45, 7) is 7.93. The Morgan fingerprint density at radius 2 is 1.88 bits per heavy atom. The number of rotatable bonds is 7. The maximum atomic E-state index is 5.66. The molecule has 1 aromatic rings. The van der Waals surface area contributed by atoms with E-state index in [9.17, 15) is 0 Å². The van der Waals surface area contributed by atoms with Crippen molar-refractivity contribution in [2.45, 2.75) is 32.9 Å². The average molecular weight is 233 g/mol. The number of hydrogen-bond acceptors (Lipinski definition) is 2. The second-order valence-electron chi connectivity index (χ2n) is 4.52. The molecule has 2 nitrogen and oxygen atoms in total. The van der Waals surface area contributed by atoms with E-state index < -0.39 is 0 Å². The molecule has 1 unspecified atom stereocenters. The number of hydrogen-bond donors (Lipinski definition) is 1. The zero-order chi connectivity index (χ0) is 12.5. The van der Waals surface area contributed by atoms with Crippen molar-refractivity contribution >= 4 is 6.08 Å². The van der Waals surface area contributed by atoms with Gasteiger partial charge in [-0.2, -0.15) is 0 Å². The monoisotopic (exact) mass is 233 g/mol. The Kier molecular flexibility index (Phi) is 6.60. The summed E-state index contributed by atoms with van der Waals surface area (Å²) in [5.41, 5.74) is 1.21. The maximum absolute atomic E-state index is 5.66. The van der Waals surface area contributed by atoms with Crippen LogP contribution in [-0.2, 0) is 4.74 Å². The minimum atomic E-state index is 0.248. The predicted molar refractivity (Wildman–Crippen MR) is 74.0 cm³/mol. The van der Waals surface area contributed by atoms with Crippen LogP contribution in [0.25, 0.3) is 6.08 Å². The van der Waals surface area contributed by atoms with E-state index in [4.69, 9.17) is 4.74 Å². The fraction of sp³-hybridized carbons (Fsp3) is 0.467. The third-order valence-corrected chi connectivity index (χ3v) is 2.40. The summed E-state index contributed by atoms with van der Waals surface area (Å²) in [4.78, 5) is 0. The van der Waals surface area contributed by atoms with Crippen molar-refractivity contribution in [3.8, 4) is 0 Å². The van der Waals surface area contributed by atoms with Crippen LogP contribution in [0.1, 0.15) is 26.3 Å². The molecule has 1 aromatic carbocycles. The van der Waals surface area contributed by atoms with Crippen LogP contribution in [0, 0.1) is 0 Å². The van der Waals surface area contributed by atoms with Gasteiger partial charge in [0.15, 0.2) is 0 Å². The lowest BCUT2D eigenvalue weighted by Gasteiger charge is -2.14. The van der Waals surface area contributed by atoms with Gasteiger partial charge in [0, 0.05) is 12.6 Å². The van der Waals surface area contributed by atoms with Gasteiger partial charge in [-0.25, -0.2) is 0 Å². The Hall–Kier alpha value is -1.12. The first-order valence-corrected chi connectivity index (χ1v) is 6.25. The van der Waals surface area contributed by atoms with E-state index in [-0.39, 0.29) is 6.10 Å². The highest BCUT2D eigenvalue weighted by Crippen LogP contribution is 2.01. The Bertz CT molecular complexity index is 319. The van der Waals surface area contributed by atoms with Crippen molar-refractivity contribution in [2.24, 2.45) is 0 Å². The first-order chi connectivity index (χ1) is 8.18. The Balaban J connectivity index is 2.17. The largest absolute Gasteiger partial charge is 0.373 e. The van der Waals surface area contributed by atoms with E-state index in [1.54, 1.807) is 0 Å². The molecular formula is C15H23NO. The lowest BCUT2D eigenvalue weighted by molar-refractivity contribution is 0.0866. The van der Waals surface area contributed by atoms with Crippen LogP contribution in [0.5, 0.6) is 0 Å². The van der Waals surface area contributed by atoms with Gasteiger partial charge in [0.2, 0.25) is 0 Å². The fourth-order valence-electron chi connectivity index (χ4n) is 1.43. The molecule has 0 bridgehead atoms. The highest BCUT2D eigenvalue weighted by atomic mass is 16.5. The van der Waals surface area contributed by atoms with Crippen LogP contribution in [0.4, 0.5) is 0 Å². The molecule has 0 saturated carbocycles. The SMILES string of the molecule is CC(C)NCC(C)OCC=Cc1ccccc1. The molecule has 0 aromatic heterocycles. The quantitative estimate of drug-likeness (QED) is 0.781. The lowest BCUT2D eigenvalue weighted by Crippen LogP contribution is -2.31. The topological polar surface area (TPSA) is 21.3 Å². The second kappa shape index (κ2) is 8.04. The molecule has 0 saturated heterocycles. The normalized spacial score (nSPS) is 13.4. The van der Waals surface area contributed by atoms with Crippen LogP contribution in [0.3, 0.4) is 0 Å². The summed E-state index contributed by atoms with van der Waals surface area (Å²) >= 11 is 0. The molecule has 94 valence electrons. The minimum Gasteiger partial charge on any atom is -0.373 e.